The second-order valence-corrected chi connectivity index (χ2v) is 22.0. The van der Waals surface area contributed by atoms with Crippen molar-refractivity contribution in [3.63, 3.8) is 0 Å². The number of hydrogen-bond donors (Lipinski definition) is 0. The van der Waals surface area contributed by atoms with Crippen LogP contribution in [0.4, 0.5) is 0 Å². The zero-order valence-electron chi connectivity index (χ0n) is 21.2. The van der Waals surface area contributed by atoms with Crippen LogP contribution in [-0.2, 0) is 14.3 Å². The van der Waals surface area contributed by atoms with Gasteiger partial charge in [-0.3, -0.25) is 0 Å². The number of hydrogen-bond acceptors (Lipinski definition) is 3. The first-order valence-electron chi connectivity index (χ1n) is 12.7. The third-order valence-electron chi connectivity index (χ3n) is 6.08. The quantitative estimate of drug-likeness (QED) is 0.0367. The predicted octanol–water partition coefficient (Wildman–Crippen LogP) is 8.17. The van der Waals surface area contributed by atoms with Crippen molar-refractivity contribution < 1.29 is 14.3 Å². The average Bonchev–Trinajstić information content (AvgIpc) is 2.78. The van der Waals surface area contributed by atoms with Crippen LogP contribution in [-0.4, -0.2) is 44.7 Å². The molecule has 0 aliphatic rings. The second-order valence-electron chi connectivity index (χ2n) is 8.70. The Kier molecular flexibility index (Phi) is 21.2. The summed E-state index contributed by atoms with van der Waals surface area (Å²) in [5.74, 6) is 0. The molecule has 0 rings (SSSR count). The number of methoxy groups -OCH3 is 1. The predicted molar refractivity (Wildman–Crippen MR) is 137 cm³/mol. The first-order chi connectivity index (χ1) is 15.1. The minimum absolute atomic E-state index is 0.0504. The van der Waals surface area contributed by atoms with Gasteiger partial charge in [0, 0.05) is 0 Å². The van der Waals surface area contributed by atoms with Gasteiger partial charge >= 0.3 is 198 Å². The van der Waals surface area contributed by atoms with Crippen LogP contribution >= 0.6 is 0 Å². The van der Waals surface area contributed by atoms with Crippen LogP contribution in [0.3, 0.4) is 0 Å². The number of ether oxygens (including phenoxy) is 2. The van der Waals surface area contributed by atoms with Crippen molar-refractivity contribution in [2.45, 2.75) is 118 Å². The van der Waals surface area contributed by atoms with Gasteiger partial charge in [-0.2, -0.15) is 0 Å². The molecule has 0 aromatic carbocycles. The van der Waals surface area contributed by atoms with Crippen molar-refractivity contribution in [1.29, 1.82) is 0 Å². The van der Waals surface area contributed by atoms with E-state index in [1.807, 2.05) is 0 Å². The molecule has 0 radical (unpaired) electrons. The summed E-state index contributed by atoms with van der Waals surface area (Å²) in [5.41, 5.74) is 3.77. The molecule has 0 fully saturated rings. The Balaban J connectivity index is 5.65. The van der Waals surface area contributed by atoms with Crippen LogP contribution < -0.4 is 0 Å². The van der Waals surface area contributed by atoms with E-state index in [1.165, 1.54) is 51.8 Å². The molecule has 0 aromatic rings. The second kappa shape index (κ2) is 21.5. The van der Waals surface area contributed by atoms with E-state index in [1.54, 1.807) is 10.7 Å². The summed E-state index contributed by atoms with van der Waals surface area (Å²) in [4.78, 5) is 10.5. The molecule has 31 heavy (non-hydrogen) atoms. The molecule has 0 saturated heterocycles. The molecule has 0 aromatic heterocycles. The summed E-state index contributed by atoms with van der Waals surface area (Å²) in [6.07, 6.45) is 20.2. The Hall–Kier alpha value is -0.351. The SMILES string of the molecule is CC=C=[C](CC(/C=C/CCCCC=O)OCOC)[Sn]([CH2]CCC)([CH2]CCC)[CH2]CCC. The Morgan fingerprint density at radius 2 is 1.52 bits per heavy atom. The minimum atomic E-state index is -2.53. The molecule has 0 saturated carbocycles. The molecular formula is C27H50O3Sn. The van der Waals surface area contributed by atoms with Gasteiger partial charge in [-0.25, -0.2) is 0 Å². The number of rotatable bonds is 21. The van der Waals surface area contributed by atoms with E-state index < -0.39 is 18.4 Å². The van der Waals surface area contributed by atoms with Gasteiger partial charge < -0.3 is 0 Å². The summed E-state index contributed by atoms with van der Waals surface area (Å²) in [7, 11) is 1.69. The summed E-state index contributed by atoms with van der Waals surface area (Å²) in [6.45, 7) is 9.42. The Bertz CT molecular complexity index is 499. The maximum atomic E-state index is 10.5. The van der Waals surface area contributed by atoms with Gasteiger partial charge in [0.15, 0.2) is 0 Å². The van der Waals surface area contributed by atoms with Crippen LogP contribution in [0.5, 0.6) is 0 Å². The maximum absolute atomic E-state index is 10.5. The molecule has 1 atom stereocenters. The van der Waals surface area contributed by atoms with Crippen LogP contribution in [0.25, 0.3) is 0 Å². The topological polar surface area (TPSA) is 35.5 Å². The third-order valence-corrected chi connectivity index (χ3v) is 22.0. The van der Waals surface area contributed by atoms with Crippen LogP contribution in [0.15, 0.2) is 27.5 Å². The van der Waals surface area contributed by atoms with Gasteiger partial charge in [-0.05, 0) is 0 Å². The number of unbranched alkanes of at least 4 members (excludes halogenated alkanes) is 6. The summed E-state index contributed by atoms with van der Waals surface area (Å²) in [5, 5.41) is 0. The van der Waals surface area contributed by atoms with Gasteiger partial charge in [-0.1, -0.05) is 0 Å². The van der Waals surface area contributed by atoms with E-state index in [9.17, 15) is 4.79 Å². The Morgan fingerprint density at radius 1 is 0.935 bits per heavy atom. The zero-order chi connectivity index (χ0) is 23.2. The van der Waals surface area contributed by atoms with Crippen molar-refractivity contribution in [3.05, 3.63) is 27.5 Å². The molecule has 4 heteroatoms. The molecule has 180 valence electrons. The fourth-order valence-corrected chi connectivity index (χ4v) is 20.9. The molecule has 0 aliphatic heterocycles. The number of carbonyl (C=O) groups excluding carboxylic acids is 1. The van der Waals surface area contributed by atoms with Crippen molar-refractivity contribution in [2.75, 3.05) is 13.9 Å². The van der Waals surface area contributed by atoms with E-state index in [0.29, 0.717) is 13.2 Å². The van der Waals surface area contributed by atoms with Crippen molar-refractivity contribution in [1.82, 2.24) is 0 Å². The van der Waals surface area contributed by atoms with Crippen molar-refractivity contribution in [3.8, 4) is 0 Å². The van der Waals surface area contributed by atoms with Crippen LogP contribution in [0.1, 0.15) is 98.3 Å². The molecule has 0 N–H and O–H groups in total. The molecule has 0 aliphatic carbocycles. The van der Waals surface area contributed by atoms with E-state index in [0.717, 1.165) is 32.0 Å². The van der Waals surface area contributed by atoms with Gasteiger partial charge in [0.2, 0.25) is 0 Å². The number of carbonyl (C=O) groups is 1. The fourth-order valence-electron chi connectivity index (χ4n) is 4.25. The third kappa shape index (κ3) is 14.4. The molecule has 0 bridgehead atoms. The van der Waals surface area contributed by atoms with Gasteiger partial charge in [-0.15, -0.1) is 0 Å². The van der Waals surface area contributed by atoms with Crippen molar-refractivity contribution >= 4 is 24.7 Å². The Morgan fingerprint density at radius 3 is 2.00 bits per heavy atom. The van der Waals surface area contributed by atoms with Gasteiger partial charge in [0.05, 0.1) is 0 Å². The molecule has 0 heterocycles. The van der Waals surface area contributed by atoms with E-state index >= 15 is 0 Å². The number of aldehydes is 1. The standard InChI is InChI=1S/C15H23O3.3C4H9.Sn/c1-3-4-8-11-15(18-14-17-2)12-9-6-5-7-10-13-16;3*1-3-4-2;/h3,9,12-13,15H,5-7,10-11,14H2,1-2H3;3*1,3-4H2,2H3;/b12-9+;;;;. The summed E-state index contributed by atoms with van der Waals surface area (Å²) in [6, 6.07) is 0. The van der Waals surface area contributed by atoms with E-state index in [-0.39, 0.29) is 6.10 Å². The van der Waals surface area contributed by atoms with Crippen LogP contribution in [0, 0.1) is 0 Å². The fraction of sp³-hybridized carbons (Fsp3) is 0.778. The van der Waals surface area contributed by atoms with Gasteiger partial charge in [0.25, 0.3) is 0 Å². The van der Waals surface area contributed by atoms with Crippen LogP contribution in [0.2, 0.25) is 13.3 Å². The normalized spacial score (nSPS) is 12.7. The Labute approximate surface area is 197 Å². The molecule has 0 amide bonds. The summed E-state index contributed by atoms with van der Waals surface area (Å²) >= 11 is -2.53. The monoisotopic (exact) mass is 542 g/mol. The van der Waals surface area contributed by atoms with Gasteiger partial charge in [0.1, 0.15) is 0 Å². The first kappa shape index (κ1) is 30.6. The first-order valence-corrected chi connectivity index (χ1v) is 20.2. The zero-order valence-corrected chi connectivity index (χ0v) is 24.1. The van der Waals surface area contributed by atoms with Crippen molar-refractivity contribution in [2.24, 2.45) is 0 Å². The molecule has 0 spiro atoms. The van der Waals surface area contributed by atoms with E-state index in [4.69, 9.17) is 9.47 Å². The molecular weight excluding hydrogens is 491 g/mol. The number of allylic oxidation sites excluding steroid dienone is 1. The summed E-state index contributed by atoms with van der Waals surface area (Å²) < 4.78 is 17.3. The molecule has 1 unspecified atom stereocenters. The molecule has 3 nitrogen and oxygen atoms in total. The van der Waals surface area contributed by atoms with E-state index in [2.05, 4.69) is 51.7 Å². The average molecular weight is 541 g/mol.